The van der Waals surface area contributed by atoms with Crippen LogP contribution >= 0.6 is 0 Å². The molecule has 0 fully saturated rings. The smallest absolute Gasteiger partial charge is 0.373 e. The average Bonchev–Trinajstić information content (AvgIpc) is 1.97. The molecule has 14 heavy (non-hydrogen) atoms. The Kier molecular flexibility index (Phi) is 3.27. The number of alkyl halides is 6. The summed E-state index contributed by atoms with van der Waals surface area (Å²) in [4.78, 5) is 0. The Balaban J connectivity index is 5.39. The van der Waals surface area contributed by atoms with Crippen LogP contribution in [-0.2, 0) is 0 Å². The van der Waals surface area contributed by atoms with Gasteiger partial charge in [-0.15, -0.1) is 6.58 Å². The maximum Gasteiger partial charge on any atom is 0.426 e. The Hall–Kier alpha value is -0.720. The molecule has 1 atom stereocenters. The number of rotatable bonds is 2. The van der Waals surface area contributed by atoms with Gasteiger partial charge in [0.25, 0.3) is 5.60 Å². The van der Waals surface area contributed by atoms with Crippen LogP contribution in [0.2, 0.25) is 0 Å². The van der Waals surface area contributed by atoms with Crippen molar-refractivity contribution < 1.29 is 31.4 Å². The molecule has 0 rings (SSSR count). The van der Waals surface area contributed by atoms with Crippen molar-refractivity contribution in [1.82, 2.24) is 0 Å². The predicted octanol–water partition coefficient (Wildman–Crippen LogP) is 2.66. The summed E-state index contributed by atoms with van der Waals surface area (Å²) in [6, 6.07) is 0. The van der Waals surface area contributed by atoms with Gasteiger partial charge < -0.3 is 5.11 Å². The van der Waals surface area contributed by atoms with Crippen LogP contribution in [0, 0.1) is 5.92 Å². The molecule has 1 N–H and O–H groups in total. The zero-order chi connectivity index (χ0) is 11.8. The molecule has 0 aromatic carbocycles. The Bertz CT molecular complexity index is 201. The summed E-state index contributed by atoms with van der Waals surface area (Å²) >= 11 is 0. The summed E-state index contributed by atoms with van der Waals surface area (Å²) in [6.07, 6.45) is -11.2. The number of hydrogen-bond donors (Lipinski definition) is 1. The fourth-order valence-corrected chi connectivity index (χ4v) is 0.848. The second-order valence-electron chi connectivity index (χ2n) is 2.79. The molecule has 0 radical (unpaired) electrons. The molecule has 0 amide bonds. The van der Waals surface area contributed by atoms with E-state index in [2.05, 4.69) is 6.58 Å². The van der Waals surface area contributed by atoms with Crippen molar-refractivity contribution in [3.05, 3.63) is 12.7 Å². The van der Waals surface area contributed by atoms with Crippen molar-refractivity contribution in [2.24, 2.45) is 5.92 Å². The molecule has 0 saturated carbocycles. The van der Waals surface area contributed by atoms with Crippen LogP contribution < -0.4 is 0 Å². The minimum Gasteiger partial charge on any atom is -0.373 e. The van der Waals surface area contributed by atoms with Gasteiger partial charge in [0.15, 0.2) is 0 Å². The van der Waals surface area contributed by atoms with Crippen LogP contribution in [0.25, 0.3) is 0 Å². The van der Waals surface area contributed by atoms with Crippen molar-refractivity contribution in [2.75, 3.05) is 0 Å². The third-order valence-electron chi connectivity index (χ3n) is 1.88. The monoisotopic (exact) mass is 222 g/mol. The SMILES string of the molecule is C=CC(C)C(O)(C(F)(F)F)C(F)(F)F. The van der Waals surface area contributed by atoms with Crippen molar-refractivity contribution in [2.45, 2.75) is 24.9 Å². The van der Waals surface area contributed by atoms with Crippen LogP contribution in [-0.4, -0.2) is 23.1 Å². The molecule has 0 aromatic heterocycles. The van der Waals surface area contributed by atoms with Gasteiger partial charge in [-0.1, -0.05) is 13.0 Å². The second kappa shape index (κ2) is 3.45. The quantitative estimate of drug-likeness (QED) is 0.562. The Morgan fingerprint density at radius 3 is 1.43 bits per heavy atom. The number of aliphatic hydroxyl groups is 1. The van der Waals surface area contributed by atoms with Gasteiger partial charge >= 0.3 is 12.4 Å². The summed E-state index contributed by atoms with van der Waals surface area (Å²) in [5, 5.41) is 8.63. The van der Waals surface area contributed by atoms with Crippen LogP contribution in [0.15, 0.2) is 12.7 Å². The highest BCUT2D eigenvalue weighted by atomic mass is 19.4. The molecule has 0 spiro atoms. The minimum atomic E-state index is -5.78. The first kappa shape index (κ1) is 13.3. The molecule has 0 bridgehead atoms. The Morgan fingerprint density at radius 2 is 1.36 bits per heavy atom. The van der Waals surface area contributed by atoms with E-state index in [-0.39, 0.29) is 0 Å². The summed E-state index contributed by atoms with van der Waals surface area (Å²) in [7, 11) is 0. The summed E-state index contributed by atoms with van der Waals surface area (Å²) in [5.41, 5.74) is -4.73. The van der Waals surface area contributed by atoms with Gasteiger partial charge in [-0.2, -0.15) is 26.3 Å². The number of hydrogen-bond acceptors (Lipinski definition) is 1. The van der Waals surface area contributed by atoms with E-state index >= 15 is 0 Å². The average molecular weight is 222 g/mol. The van der Waals surface area contributed by atoms with Crippen LogP contribution in [0.3, 0.4) is 0 Å². The van der Waals surface area contributed by atoms with Gasteiger partial charge in [-0.25, -0.2) is 0 Å². The largest absolute Gasteiger partial charge is 0.426 e. The molecule has 0 heterocycles. The first-order chi connectivity index (χ1) is 5.98. The molecule has 0 aromatic rings. The van der Waals surface area contributed by atoms with E-state index < -0.39 is 23.9 Å². The van der Waals surface area contributed by atoms with Gasteiger partial charge in [-0.05, 0) is 0 Å². The third kappa shape index (κ3) is 1.87. The van der Waals surface area contributed by atoms with E-state index in [1.807, 2.05) is 0 Å². The summed E-state index contributed by atoms with van der Waals surface area (Å²) in [5.74, 6) is -2.16. The molecular formula is C7H8F6O. The molecule has 0 aliphatic rings. The topological polar surface area (TPSA) is 20.2 Å². The third-order valence-corrected chi connectivity index (χ3v) is 1.88. The van der Waals surface area contributed by atoms with E-state index in [0.717, 1.165) is 0 Å². The lowest BCUT2D eigenvalue weighted by Crippen LogP contribution is -2.60. The zero-order valence-corrected chi connectivity index (χ0v) is 7.08. The lowest BCUT2D eigenvalue weighted by atomic mass is 9.87. The van der Waals surface area contributed by atoms with Crippen molar-refractivity contribution in [3.8, 4) is 0 Å². The zero-order valence-electron chi connectivity index (χ0n) is 7.08. The van der Waals surface area contributed by atoms with Crippen molar-refractivity contribution in [3.63, 3.8) is 0 Å². The highest BCUT2D eigenvalue weighted by Gasteiger charge is 2.72. The molecule has 84 valence electrons. The van der Waals surface area contributed by atoms with E-state index in [1.165, 1.54) is 0 Å². The van der Waals surface area contributed by atoms with E-state index in [0.29, 0.717) is 13.0 Å². The molecule has 0 saturated heterocycles. The molecule has 0 aliphatic carbocycles. The van der Waals surface area contributed by atoms with Crippen LogP contribution in [0.5, 0.6) is 0 Å². The highest BCUT2D eigenvalue weighted by Crippen LogP contribution is 2.47. The number of halogens is 6. The fourth-order valence-electron chi connectivity index (χ4n) is 0.848. The van der Waals surface area contributed by atoms with Crippen molar-refractivity contribution >= 4 is 0 Å². The Labute approximate surface area is 76.0 Å². The molecular weight excluding hydrogens is 214 g/mol. The van der Waals surface area contributed by atoms with Gasteiger partial charge in [-0.3, -0.25) is 0 Å². The Morgan fingerprint density at radius 1 is 1.07 bits per heavy atom. The minimum absolute atomic E-state index is 0.404. The summed E-state index contributed by atoms with van der Waals surface area (Å²) in [6.45, 7) is 3.38. The lowest BCUT2D eigenvalue weighted by Gasteiger charge is -2.35. The van der Waals surface area contributed by atoms with E-state index in [9.17, 15) is 26.3 Å². The van der Waals surface area contributed by atoms with Crippen LogP contribution in [0.4, 0.5) is 26.3 Å². The van der Waals surface area contributed by atoms with Gasteiger partial charge in [0.05, 0.1) is 0 Å². The van der Waals surface area contributed by atoms with Gasteiger partial charge in [0.2, 0.25) is 0 Å². The fraction of sp³-hybridized carbons (Fsp3) is 0.714. The van der Waals surface area contributed by atoms with E-state index in [1.54, 1.807) is 0 Å². The van der Waals surface area contributed by atoms with E-state index in [4.69, 9.17) is 5.11 Å². The lowest BCUT2D eigenvalue weighted by molar-refractivity contribution is -0.378. The standard InChI is InChI=1S/C7H8F6O/c1-3-4(2)5(14,6(8,9)10)7(11,12)13/h3-4,14H,1H2,2H3. The maximum atomic E-state index is 12.0. The molecule has 1 unspecified atom stereocenters. The van der Waals surface area contributed by atoms with Crippen LogP contribution in [0.1, 0.15) is 6.92 Å². The molecule has 1 nitrogen and oxygen atoms in total. The maximum absolute atomic E-state index is 12.0. The predicted molar refractivity (Wildman–Crippen MR) is 36.4 cm³/mol. The second-order valence-corrected chi connectivity index (χ2v) is 2.79. The molecule has 0 aliphatic heterocycles. The first-order valence-corrected chi connectivity index (χ1v) is 3.47. The van der Waals surface area contributed by atoms with Gasteiger partial charge in [0.1, 0.15) is 0 Å². The van der Waals surface area contributed by atoms with Crippen molar-refractivity contribution in [1.29, 1.82) is 0 Å². The summed E-state index contributed by atoms with van der Waals surface area (Å²) < 4.78 is 72.1. The first-order valence-electron chi connectivity index (χ1n) is 3.47. The van der Waals surface area contributed by atoms with Gasteiger partial charge in [0, 0.05) is 5.92 Å². The highest BCUT2D eigenvalue weighted by molar-refractivity contribution is 5.03. The molecule has 7 heteroatoms. The normalized spacial score (nSPS) is 16.6.